The third kappa shape index (κ3) is 9.83. The highest BCUT2D eigenvalue weighted by atomic mass is 35.5. The van der Waals surface area contributed by atoms with Crippen molar-refractivity contribution in [3.05, 3.63) is 0 Å². The summed E-state index contributed by atoms with van der Waals surface area (Å²) in [7, 11) is 4.49. The number of hydrogen-bond donors (Lipinski definition) is 1. The van der Waals surface area contributed by atoms with E-state index in [4.69, 9.17) is 16.5 Å². The molecule has 0 aliphatic rings. The maximum absolute atomic E-state index is 5.70. The highest BCUT2D eigenvalue weighted by Gasteiger charge is 2.22. The molecule has 0 bridgehead atoms. The van der Waals surface area contributed by atoms with Crippen molar-refractivity contribution in [3.63, 3.8) is 0 Å². The molecule has 0 saturated carbocycles. The maximum atomic E-state index is 5.70. The van der Waals surface area contributed by atoms with Gasteiger partial charge in [0, 0.05) is 18.6 Å². The van der Waals surface area contributed by atoms with Gasteiger partial charge < -0.3 is 9.22 Å². The minimum Gasteiger partial charge on any atom is -0.376 e. The summed E-state index contributed by atoms with van der Waals surface area (Å²) in [5.74, 6) is 0. The first-order valence-electron chi connectivity index (χ1n) is 6.60. The van der Waals surface area contributed by atoms with Gasteiger partial charge in [-0.2, -0.15) is 0 Å². The average molecular weight is 266 g/mol. The minimum absolute atomic E-state index is 0.000142. The SMILES string of the molecule is CCCCOCC[N+](C)(C)CCC(C)(C)NCl. The van der Waals surface area contributed by atoms with Gasteiger partial charge in [0.15, 0.2) is 0 Å². The second-order valence-electron chi connectivity index (χ2n) is 6.08. The molecular formula is C13H30ClN2O+. The van der Waals surface area contributed by atoms with Crippen LogP contribution in [-0.4, -0.2) is 50.4 Å². The second kappa shape index (κ2) is 8.30. The molecule has 17 heavy (non-hydrogen) atoms. The van der Waals surface area contributed by atoms with Crippen LogP contribution >= 0.6 is 11.8 Å². The summed E-state index contributed by atoms with van der Waals surface area (Å²) in [5, 5.41) is 0. The quantitative estimate of drug-likeness (QED) is 0.373. The molecular weight excluding hydrogens is 236 g/mol. The van der Waals surface area contributed by atoms with Gasteiger partial charge in [-0.3, -0.25) is 0 Å². The van der Waals surface area contributed by atoms with Crippen molar-refractivity contribution in [1.82, 2.24) is 4.84 Å². The molecule has 0 aliphatic heterocycles. The second-order valence-corrected chi connectivity index (χ2v) is 6.27. The molecule has 0 atom stereocenters. The Balaban J connectivity index is 3.72. The maximum Gasteiger partial charge on any atom is 0.102 e. The zero-order valence-electron chi connectivity index (χ0n) is 12.2. The van der Waals surface area contributed by atoms with Crippen molar-refractivity contribution in [3.8, 4) is 0 Å². The lowest BCUT2D eigenvalue weighted by molar-refractivity contribution is -0.891. The first-order chi connectivity index (χ1) is 7.83. The molecule has 4 heteroatoms. The van der Waals surface area contributed by atoms with Crippen molar-refractivity contribution in [2.24, 2.45) is 0 Å². The Labute approximate surface area is 112 Å². The van der Waals surface area contributed by atoms with E-state index >= 15 is 0 Å². The van der Waals surface area contributed by atoms with Crippen LogP contribution in [0.2, 0.25) is 0 Å². The third-order valence-corrected chi connectivity index (χ3v) is 3.59. The van der Waals surface area contributed by atoms with Gasteiger partial charge in [0.25, 0.3) is 0 Å². The topological polar surface area (TPSA) is 21.3 Å². The van der Waals surface area contributed by atoms with Crippen LogP contribution in [0.25, 0.3) is 0 Å². The summed E-state index contributed by atoms with van der Waals surface area (Å²) < 4.78 is 6.59. The summed E-state index contributed by atoms with van der Waals surface area (Å²) in [6, 6.07) is 0. The molecule has 0 unspecified atom stereocenters. The summed E-state index contributed by atoms with van der Waals surface area (Å²) in [5.41, 5.74) is 0.000142. The van der Waals surface area contributed by atoms with Crippen LogP contribution < -0.4 is 4.84 Å². The van der Waals surface area contributed by atoms with Crippen LogP contribution in [0.1, 0.15) is 40.0 Å². The van der Waals surface area contributed by atoms with Crippen molar-refractivity contribution >= 4 is 11.8 Å². The largest absolute Gasteiger partial charge is 0.376 e. The normalized spacial score (nSPS) is 13.1. The van der Waals surface area contributed by atoms with Crippen molar-refractivity contribution in [2.75, 3.05) is 40.4 Å². The highest BCUT2D eigenvalue weighted by Crippen LogP contribution is 2.12. The van der Waals surface area contributed by atoms with E-state index in [1.807, 2.05) is 0 Å². The standard InChI is InChI=1S/C13H30ClN2O/c1-6-7-11-17-12-10-16(4,5)9-8-13(2,3)15-14/h15H,6-12H2,1-5H3/q+1. The lowest BCUT2D eigenvalue weighted by atomic mass is 10.0. The number of nitrogens with one attached hydrogen (secondary N) is 1. The van der Waals surface area contributed by atoms with Gasteiger partial charge in [-0.05, 0) is 32.0 Å². The fourth-order valence-corrected chi connectivity index (χ4v) is 1.50. The molecule has 104 valence electrons. The minimum atomic E-state index is 0.000142. The molecule has 0 aromatic rings. The Kier molecular flexibility index (Phi) is 8.39. The van der Waals surface area contributed by atoms with Gasteiger partial charge in [-0.25, -0.2) is 4.84 Å². The fraction of sp³-hybridized carbons (Fsp3) is 1.00. The molecule has 0 amide bonds. The molecule has 3 nitrogen and oxygen atoms in total. The van der Waals surface area contributed by atoms with Crippen LogP contribution in [0.3, 0.4) is 0 Å². The van der Waals surface area contributed by atoms with E-state index in [9.17, 15) is 0 Å². The van der Waals surface area contributed by atoms with Gasteiger partial charge >= 0.3 is 0 Å². The first kappa shape index (κ1) is 17.2. The number of likely N-dealkylation sites (N-methyl/N-ethyl adjacent to an activating group) is 1. The number of rotatable bonds is 10. The van der Waals surface area contributed by atoms with Crippen LogP contribution in [0.5, 0.6) is 0 Å². The summed E-state index contributed by atoms with van der Waals surface area (Å²) in [4.78, 5) is 2.83. The molecule has 0 heterocycles. The van der Waals surface area contributed by atoms with Gasteiger partial charge in [-0.1, -0.05) is 13.3 Å². The van der Waals surface area contributed by atoms with E-state index in [1.54, 1.807) is 0 Å². The molecule has 1 N–H and O–H groups in total. The Bertz CT molecular complexity index is 196. The molecule has 0 saturated heterocycles. The molecule has 0 radical (unpaired) electrons. The molecule has 0 spiro atoms. The smallest absolute Gasteiger partial charge is 0.102 e. The summed E-state index contributed by atoms with van der Waals surface area (Å²) in [6.07, 6.45) is 3.42. The molecule has 0 aromatic heterocycles. The van der Waals surface area contributed by atoms with E-state index in [0.717, 1.165) is 43.6 Å². The third-order valence-electron chi connectivity index (χ3n) is 3.08. The van der Waals surface area contributed by atoms with E-state index in [0.29, 0.717) is 0 Å². The van der Waals surface area contributed by atoms with Gasteiger partial charge in [0.05, 0.1) is 27.2 Å². The Morgan fingerprint density at radius 1 is 1.18 bits per heavy atom. The number of hydrogen-bond acceptors (Lipinski definition) is 2. The number of quaternary nitrogens is 1. The number of unbranched alkanes of at least 4 members (excludes halogenated alkanes) is 1. The molecule has 0 aromatic carbocycles. The lowest BCUT2D eigenvalue weighted by Gasteiger charge is -2.33. The van der Waals surface area contributed by atoms with Crippen LogP contribution in [-0.2, 0) is 4.74 Å². The van der Waals surface area contributed by atoms with Gasteiger partial charge in [0.2, 0.25) is 0 Å². The van der Waals surface area contributed by atoms with E-state index < -0.39 is 0 Å². The Morgan fingerprint density at radius 2 is 1.82 bits per heavy atom. The Morgan fingerprint density at radius 3 is 2.35 bits per heavy atom. The first-order valence-corrected chi connectivity index (χ1v) is 6.98. The monoisotopic (exact) mass is 265 g/mol. The average Bonchev–Trinajstić information content (AvgIpc) is 2.27. The molecule has 0 fully saturated rings. The number of halogens is 1. The fourth-order valence-electron chi connectivity index (χ4n) is 1.40. The van der Waals surface area contributed by atoms with Gasteiger partial charge in [-0.15, -0.1) is 0 Å². The van der Waals surface area contributed by atoms with E-state index in [-0.39, 0.29) is 5.54 Å². The van der Waals surface area contributed by atoms with Crippen LogP contribution in [0.4, 0.5) is 0 Å². The van der Waals surface area contributed by atoms with Gasteiger partial charge in [0.1, 0.15) is 6.54 Å². The van der Waals surface area contributed by atoms with Crippen molar-refractivity contribution in [2.45, 2.75) is 45.6 Å². The predicted molar refractivity (Wildman–Crippen MR) is 75.3 cm³/mol. The summed E-state index contributed by atoms with van der Waals surface area (Å²) in [6.45, 7) is 10.3. The molecule has 0 rings (SSSR count). The zero-order chi connectivity index (χ0) is 13.4. The van der Waals surface area contributed by atoms with Crippen LogP contribution in [0, 0.1) is 0 Å². The highest BCUT2D eigenvalue weighted by molar-refractivity contribution is 6.13. The van der Waals surface area contributed by atoms with E-state index in [1.165, 1.54) is 6.42 Å². The number of nitrogens with zero attached hydrogens (tertiary/aromatic N) is 1. The van der Waals surface area contributed by atoms with Crippen molar-refractivity contribution in [1.29, 1.82) is 0 Å². The van der Waals surface area contributed by atoms with Crippen molar-refractivity contribution < 1.29 is 9.22 Å². The zero-order valence-corrected chi connectivity index (χ0v) is 12.9. The molecule has 0 aliphatic carbocycles. The van der Waals surface area contributed by atoms with E-state index in [2.05, 4.69) is 39.7 Å². The summed E-state index contributed by atoms with van der Waals surface area (Å²) >= 11 is 5.70. The Hall–Kier alpha value is 0.170. The van der Waals surface area contributed by atoms with Crippen LogP contribution in [0.15, 0.2) is 0 Å². The number of ether oxygens (including phenoxy) is 1. The predicted octanol–water partition coefficient (Wildman–Crippen LogP) is 2.79. The lowest BCUT2D eigenvalue weighted by Crippen LogP contribution is -2.47.